The SMILES string of the molecule is CCOC(=O)c1ccc(NC(=O)C2=C(C)NC(SCC(=O)c3ccc(Br)cc3)=C(C#N)[C@@H]2c2ccco2)cc1. The van der Waals surface area contributed by atoms with E-state index >= 15 is 0 Å². The molecule has 1 amide bonds. The third-order valence-electron chi connectivity index (χ3n) is 5.89. The standard InChI is InChI=1S/C29H24BrN3O5S/c1-3-37-29(36)19-8-12-21(13-9-19)33-27(35)25-17(2)32-28(22(15-31)26(25)24-5-4-14-38-24)39-16-23(34)18-6-10-20(30)11-7-18/h4-14,26,32H,3,16H2,1-2H3,(H,33,35)/t26-/m1/s1. The van der Waals surface area contributed by atoms with E-state index in [-0.39, 0.29) is 23.7 Å². The summed E-state index contributed by atoms with van der Waals surface area (Å²) in [6.07, 6.45) is 1.48. The molecule has 8 nitrogen and oxygen atoms in total. The first-order valence-electron chi connectivity index (χ1n) is 12.0. The Hall–Kier alpha value is -4.07. The van der Waals surface area contributed by atoms with Crippen molar-refractivity contribution >= 4 is 51.0 Å². The minimum atomic E-state index is -0.782. The lowest BCUT2D eigenvalue weighted by atomic mass is 9.85. The maximum absolute atomic E-state index is 13.5. The summed E-state index contributed by atoms with van der Waals surface area (Å²) >= 11 is 4.56. The lowest BCUT2D eigenvalue weighted by molar-refractivity contribution is -0.113. The number of benzene rings is 2. The van der Waals surface area contributed by atoms with Gasteiger partial charge in [0.2, 0.25) is 0 Å². The summed E-state index contributed by atoms with van der Waals surface area (Å²) in [6.45, 7) is 3.73. The Kier molecular flexibility index (Phi) is 9.07. The van der Waals surface area contributed by atoms with Crippen LogP contribution in [-0.2, 0) is 9.53 Å². The number of carbonyl (C=O) groups is 3. The van der Waals surface area contributed by atoms with E-state index in [1.165, 1.54) is 18.0 Å². The van der Waals surface area contributed by atoms with Crippen LogP contribution in [-0.4, -0.2) is 30.0 Å². The summed E-state index contributed by atoms with van der Waals surface area (Å²) in [5.74, 6) is -1.24. The van der Waals surface area contributed by atoms with E-state index in [1.807, 2.05) is 0 Å². The summed E-state index contributed by atoms with van der Waals surface area (Å²) < 4.78 is 11.5. The van der Waals surface area contributed by atoms with Crippen molar-refractivity contribution < 1.29 is 23.5 Å². The minimum absolute atomic E-state index is 0.0925. The average Bonchev–Trinajstić information content (AvgIpc) is 3.47. The molecule has 0 bridgehead atoms. The monoisotopic (exact) mass is 605 g/mol. The first kappa shape index (κ1) is 28.0. The summed E-state index contributed by atoms with van der Waals surface area (Å²) in [4.78, 5) is 38.2. The van der Waals surface area contributed by atoms with Gasteiger partial charge in [0, 0.05) is 21.4 Å². The molecule has 0 unspecified atom stereocenters. The molecule has 0 aliphatic carbocycles. The first-order chi connectivity index (χ1) is 18.8. The summed E-state index contributed by atoms with van der Waals surface area (Å²) in [5.41, 5.74) is 2.49. The molecule has 1 aliphatic rings. The van der Waals surface area contributed by atoms with Crippen molar-refractivity contribution in [2.45, 2.75) is 19.8 Å². The summed E-state index contributed by atoms with van der Waals surface area (Å²) in [6, 6.07) is 19.0. The van der Waals surface area contributed by atoms with Gasteiger partial charge in [0.15, 0.2) is 5.78 Å². The molecule has 39 heavy (non-hydrogen) atoms. The van der Waals surface area contributed by atoms with E-state index < -0.39 is 17.8 Å². The number of hydrogen-bond acceptors (Lipinski definition) is 8. The number of esters is 1. The number of rotatable bonds is 9. The number of ketones is 1. The van der Waals surface area contributed by atoms with Crippen molar-refractivity contribution in [1.82, 2.24) is 5.32 Å². The third kappa shape index (κ3) is 6.50. The molecule has 2 aromatic carbocycles. The molecule has 3 aromatic rings. The van der Waals surface area contributed by atoms with Crippen LogP contribution in [0.2, 0.25) is 0 Å². The number of halogens is 1. The second-order valence-electron chi connectivity index (χ2n) is 8.44. The van der Waals surface area contributed by atoms with Crippen LogP contribution in [0.3, 0.4) is 0 Å². The molecule has 2 N–H and O–H groups in total. The van der Waals surface area contributed by atoms with Gasteiger partial charge in [0.1, 0.15) is 5.76 Å². The third-order valence-corrected chi connectivity index (χ3v) is 7.43. The normalized spacial score (nSPS) is 14.9. The van der Waals surface area contributed by atoms with Crippen LogP contribution in [0.15, 0.2) is 97.7 Å². The number of nitrogens with one attached hydrogen (secondary N) is 2. The molecule has 0 saturated heterocycles. The van der Waals surface area contributed by atoms with Gasteiger partial charge in [0.25, 0.3) is 5.91 Å². The number of ether oxygens (including phenoxy) is 1. The largest absolute Gasteiger partial charge is 0.468 e. The van der Waals surface area contributed by atoms with Gasteiger partial charge in [-0.1, -0.05) is 39.8 Å². The van der Waals surface area contributed by atoms with E-state index in [4.69, 9.17) is 9.15 Å². The van der Waals surface area contributed by atoms with E-state index in [2.05, 4.69) is 32.6 Å². The second kappa shape index (κ2) is 12.7. The number of nitriles is 1. The molecule has 0 saturated carbocycles. The lowest BCUT2D eigenvalue weighted by Gasteiger charge is -2.28. The fourth-order valence-corrected chi connectivity index (χ4v) is 5.28. The molecule has 1 atom stereocenters. The molecule has 1 aromatic heterocycles. The van der Waals surface area contributed by atoms with Crippen molar-refractivity contribution in [1.29, 1.82) is 5.26 Å². The Bertz CT molecular complexity index is 1490. The number of dihydropyridines is 1. The summed E-state index contributed by atoms with van der Waals surface area (Å²) in [7, 11) is 0. The number of amides is 1. The predicted molar refractivity (Wildman–Crippen MR) is 152 cm³/mol. The summed E-state index contributed by atoms with van der Waals surface area (Å²) in [5, 5.41) is 16.6. The zero-order valence-corrected chi connectivity index (χ0v) is 23.5. The van der Waals surface area contributed by atoms with E-state index in [1.54, 1.807) is 74.5 Å². The Morgan fingerprint density at radius 1 is 1.10 bits per heavy atom. The molecule has 0 radical (unpaired) electrons. The van der Waals surface area contributed by atoms with Gasteiger partial charge in [-0.05, 0) is 62.4 Å². The highest BCUT2D eigenvalue weighted by molar-refractivity contribution is 9.10. The molecular formula is C29H24BrN3O5S. The van der Waals surface area contributed by atoms with Gasteiger partial charge in [-0.15, -0.1) is 0 Å². The van der Waals surface area contributed by atoms with E-state index in [0.717, 1.165) is 4.47 Å². The molecule has 198 valence electrons. The van der Waals surface area contributed by atoms with Gasteiger partial charge in [0.05, 0.1) is 52.3 Å². The first-order valence-corrected chi connectivity index (χ1v) is 13.8. The van der Waals surface area contributed by atoms with Gasteiger partial charge in [-0.25, -0.2) is 4.79 Å². The zero-order valence-electron chi connectivity index (χ0n) is 21.1. The number of hydrogen-bond donors (Lipinski definition) is 2. The molecular weight excluding hydrogens is 582 g/mol. The van der Waals surface area contributed by atoms with Crippen LogP contribution in [0.5, 0.6) is 0 Å². The van der Waals surface area contributed by atoms with E-state index in [9.17, 15) is 19.6 Å². The van der Waals surface area contributed by atoms with Gasteiger partial charge in [-0.2, -0.15) is 5.26 Å². The fraction of sp³-hybridized carbons (Fsp3) is 0.172. The van der Waals surface area contributed by atoms with Crippen LogP contribution >= 0.6 is 27.7 Å². The highest BCUT2D eigenvalue weighted by Crippen LogP contribution is 2.41. The van der Waals surface area contributed by atoms with Crippen LogP contribution in [0, 0.1) is 11.3 Å². The Morgan fingerprint density at radius 3 is 2.41 bits per heavy atom. The average molecular weight is 606 g/mol. The maximum atomic E-state index is 13.5. The van der Waals surface area contributed by atoms with Gasteiger partial charge in [-0.3, -0.25) is 9.59 Å². The molecule has 10 heteroatoms. The Balaban J connectivity index is 1.58. The van der Waals surface area contributed by atoms with Crippen molar-refractivity contribution in [3.63, 3.8) is 0 Å². The number of thioether (sulfide) groups is 1. The van der Waals surface area contributed by atoms with Crippen LogP contribution in [0.25, 0.3) is 0 Å². The van der Waals surface area contributed by atoms with Gasteiger partial charge >= 0.3 is 5.97 Å². The van der Waals surface area contributed by atoms with Crippen molar-refractivity contribution in [3.8, 4) is 6.07 Å². The number of furan rings is 1. The van der Waals surface area contributed by atoms with Crippen molar-refractivity contribution in [3.05, 3.63) is 110 Å². The van der Waals surface area contributed by atoms with Crippen LogP contribution < -0.4 is 10.6 Å². The molecule has 0 fully saturated rings. The number of allylic oxidation sites excluding steroid dienone is 2. The topological polar surface area (TPSA) is 121 Å². The highest BCUT2D eigenvalue weighted by atomic mass is 79.9. The Labute approximate surface area is 238 Å². The number of anilines is 1. The number of Topliss-reactive ketones (excluding diaryl/α,β-unsaturated/α-hetero) is 1. The number of nitrogens with zero attached hydrogens (tertiary/aromatic N) is 1. The minimum Gasteiger partial charge on any atom is -0.468 e. The highest BCUT2D eigenvalue weighted by Gasteiger charge is 2.36. The Morgan fingerprint density at radius 2 is 1.79 bits per heavy atom. The quantitative estimate of drug-likeness (QED) is 0.219. The smallest absolute Gasteiger partial charge is 0.338 e. The van der Waals surface area contributed by atoms with Crippen molar-refractivity contribution in [2.24, 2.45) is 0 Å². The molecule has 0 spiro atoms. The maximum Gasteiger partial charge on any atom is 0.338 e. The number of carbonyl (C=O) groups excluding carboxylic acids is 3. The van der Waals surface area contributed by atoms with Crippen molar-refractivity contribution in [2.75, 3.05) is 17.7 Å². The van der Waals surface area contributed by atoms with Gasteiger partial charge < -0.3 is 19.8 Å². The zero-order chi connectivity index (χ0) is 27.9. The predicted octanol–water partition coefficient (Wildman–Crippen LogP) is 6.17. The molecule has 1 aliphatic heterocycles. The van der Waals surface area contributed by atoms with E-state index in [0.29, 0.717) is 38.9 Å². The second-order valence-corrected chi connectivity index (χ2v) is 10.3. The lowest BCUT2D eigenvalue weighted by Crippen LogP contribution is -2.30. The fourth-order valence-electron chi connectivity index (χ4n) is 4.03. The molecule has 2 heterocycles. The van der Waals surface area contributed by atoms with Crippen LogP contribution in [0.4, 0.5) is 5.69 Å². The molecule has 4 rings (SSSR count). The van der Waals surface area contributed by atoms with Crippen LogP contribution in [0.1, 0.15) is 46.2 Å².